The first-order valence-corrected chi connectivity index (χ1v) is 9.02. The fourth-order valence-electron chi connectivity index (χ4n) is 2.44. The van der Waals surface area contributed by atoms with Crippen LogP contribution in [0, 0.1) is 0 Å². The summed E-state index contributed by atoms with van der Waals surface area (Å²) >= 11 is 3.50. The Bertz CT molecular complexity index is 571. The van der Waals surface area contributed by atoms with Gasteiger partial charge in [0.1, 0.15) is 0 Å². The maximum absolute atomic E-state index is 12.3. The Hall–Kier alpha value is -1.46. The summed E-state index contributed by atoms with van der Waals surface area (Å²) in [5.74, 6) is 0.984. The molecule has 2 aromatic rings. The Morgan fingerprint density at radius 3 is 2.76 bits per heavy atom. The van der Waals surface area contributed by atoms with E-state index in [1.54, 1.807) is 11.3 Å². The number of nitrogens with one attached hydrogen (secondary N) is 1. The molecule has 1 N–H and O–H groups in total. The molecule has 1 aliphatic rings. The Morgan fingerprint density at radius 2 is 2.00 bits per heavy atom. The lowest BCUT2D eigenvalue weighted by molar-refractivity contribution is 0.215. The molecule has 0 bridgehead atoms. The van der Waals surface area contributed by atoms with E-state index in [2.05, 4.69) is 29.6 Å². The summed E-state index contributed by atoms with van der Waals surface area (Å²) in [7, 11) is 0. The quantitative estimate of drug-likeness (QED) is 0.886. The van der Waals surface area contributed by atoms with Crippen molar-refractivity contribution in [2.75, 3.05) is 24.2 Å². The molecule has 1 unspecified atom stereocenters. The molecule has 110 valence electrons. The van der Waals surface area contributed by atoms with Gasteiger partial charge in [-0.25, -0.2) is 4.79 Å². The van der Waals surface area contributed by atoms with Crippen molar-refractivity contribution in [3.05, 3.63) is 53.4 Å². The van der Waals surface area contributed by atoms with Crippen molar-refractivity contribution in [2.24, 2.45) is 0 Å². The topological polar surface area (TPSA) is 32.3 Å². The number of thiophene rings is 1. The van der Waals surface area contributed by atoms with Gasteiger partial charge >= 0.3 is 6.03 Å². The lowest BCUT2D eigenvalue weighted by Crippen LogP contribution is -2.36. The molecule has 2 amide bonds. The maximum Gasteiger partial charge on any atom is 0.322 e. The zero-order valence-electron chi connectivity index (χ0n) is 11.7. The zero-order valence-corrected chi connectivity index (χ0v) is 13.3. The Balaban J connectivity index is 1.59. The molecule has 0 aliphatic carbocycles. The second kappa shape index (κ2) is 7.00. The molecule has 1 fully saturated rings. The van der Waals surface area contributed by atoms with E-state index in [0.29, 0.717) is 5.25 Å². The van der Waals surface area contributed by atoms with Gasteiger partial charge in [-0.05, 0) is 29.5 Å². The van der Waals surface area contributed by atoms with Gasteiger partial charge in [0.15, 0.2) is 0 Å². The number of rotatable bonds is 2. The predicted octanol–water partition coefficient (Wildman–Crippen LogP) is 4.46. The molecule has 1 aromatic heterocycles. The van der Waals surface area contributed by atoms with Gasteiger partial charge in [0.2, 0.25) is 0 Å². The number of hydrogen-bond donors (Lipinski definition) is 1. The molecule has 2 heterocycles. The maximum atomic E-state index is 12.3. The van der Waals surface area contributed by atoms with Crippen LogP contribution in [0.4, 0.5) is 9.80 Å². The predicted molar refractivity (Wildman–Crippen MR) is 91.2 cm³/mol. The molecule has 1 aromatic carbocycles. The van der Waals surface area contributed by atoms with Gasteiger partial charge in [-0.3, -0.25) is 5.32 Å². The fourth-order valence-corrected chi connectivity index (χ4v) is 4.28. The molecule has 0 radical (unpaired) electrons. The smallest absolute Gasteiger partial charge is 0.322 e. The van der Waals surface area contributed by atoms with Crippen LogP contribution in [-0.4, -0.2) is 29.8 Å². The summed E-state index contributed by atoms with van der Waals surface area (Å²) in [5.41, 5.74) is 1.36. The van der Waals surface area contributed by atoms with Crippen molar-refractivity contribution in [2.45, 2.75) is 11.7 Å². The van der Waals surface area contributed by atoms with Crippen LogP contribution in [0.15, 0.2) is 47.8 Å². The van der Waals surface area contributed by atoms with Crippen LogP contribution in [-0.2, 0) is 0 Å². The van der Waals surface area contributed by atoms with Gasteiger partial charge in [0, 0.05) is 24.1 Å². The standard InChI is InChI=1S/C16H18N2OS2/c19-16(17-15-7-4-11-21-15)18-9-8-14(20-12-10-18)13-5-2-1-3-6-13/h1-7,11,14H,8-10,12H2,(H,17,19). The molecule has 1 saturated heterocycles. The van der Waals surface area contributed by atoms with Gasteiger partial charge in [-0.2, -0.15) is 11.8 Å². The highest BCUT2D eigenvalue weighted by Gasteiger charge is 2.22. The van der Waals surface area contributed by atoms with Crippen LogP contribution in [0.5, 0.6) is 0 Å². The van der Waals surface area contributed by atoms with E-state index in [-0.39, 0.29) is 6.03 Å². The summed E-state index contributed by atoms with van der Waals surface area (Å²) in [5, 5.41) is 6.35. The van der Waals surface area contributed by atoms with E-state index in [4.69, 9.17) is 0 Å². The number of nitrogens with zero attached hydrogens (tertiary/aromatic N) is 1. The van der Waals surface area contributed by atoms with Crippen LogP contribution < -0.4 is 5.32 Å². The molecule has 1 atom stereocenters. The number of thioether (sulfide) groups is 1. The first-order valence-electron chi connectivity index (χ1n) is 7.09. The van der Waals surface area contributed by atoms with Gasteiger partial charge in [-0.15, -0.1) is 11.3 Å². The minimum Gasteiger partial charge on any atom is -0.324 e. The average Bonchev–Trinajstić information content (AvgIpc) is 2.89. The third kappa shape index (κ3) is 3.80. The Morgan fingerprint density at radius 1 is 1.14 bits per heavy atom. The van der Waals surface area contributed by atoms with E-state index >= 15 is 0 Å². The van der Waals surface area contributed by atoms with Crippen molar-refractivity contribution >= 4 is 34.1 Å². The summed E-state index contributed by atoms with van der Waals surface area (Å²) in [4.78, 5) is 14.2. The Kier molecular flexibility index (Phi) is 4.83. The summed E-state index contributed by atoms with van der Waals surface area (Å²) in [6.07, 6.45) is 1.01. The van der Waals surface area contributed by atoms with Crippen molar-refractivity contribution in [1.29, 1.82) is 0 Å². The average molecular weight is 318 g/mol. The van der Waals surface area contributed by atoms with E-state index in [9.17, 15) is 4.79 Å². The van der Waals surface area contributed by atoms with Crippen LogP contribution in [0.2, 0.25) is 0 Å². The van der Waals surface area contributed by atoms with E-state index in [1.807, 2.05) is 40.2 Å². The minimum absolute atomic E-state index is 0.0201. The van der Waals surface area contributed by atoms with Crippen molar-refractivity contribution in [1.82, 2.24) is 4.90 Å². The van der Waals surface area contributed by atoms with E-state index < -0.39 is 0 Å². The number of carbonyl (C=O) groups is 1. The number of hydrogen-bond acceptors (Lipinski definition) is 3. The van der Waals surface area contributed by atoms with E-state index in [1.165, 1.54) is 5.56 Å². The Labute approximate surface area is 133 Å². The third-order valence-corrected chi connectivity index (χ3v) is 5.67. The first kappa shape index (κ1) is 14.5. The zero-order chi connectivity index (χ0) is 14.5. The highest BCUT2D eigenvalue weighted by Crippen LogP contribution is 2.34. The molecule has 5 heteroatoms. The fraction of sp³-hybridized carbons (Fsp3) is 0.312. The molecular formula is C16H18N2OS2. The van der Waals surface area contributed by atoms with Crippen LogP contribution in [0.1, 0.15) is 17.2 Å². The molecular weight excluding hydrogens is 300 g/mol. The highest BCUT2D eigenvalue weighted by atomic mass is 32.2. The summed E-state index contributed by atoms with van der Waals surface area (Å²) in [6.45, 7) is 1.62. The second-order valence-corrected chi connectivity index (χ2v) is 7.21. The highest BCUT2D eigenvalue weighted by molar-refractivity contribution is 7.99. The van der Waals surface area contributed by atoms with Crippen LogP contribution >= 0.6 is 23.1 Å². The molecule has 1 aliphatic heterocycles. The SMILES string of the molecule is O=C(Nc1cccs1)N1CCSC(c2ccccc2)CC1. The second-order valence-electron chi connectivity index (χ2n) is 4.95. The van der Waals surface area contributed by atoms with Crippen molar-refractivity contribution < 1.29 is 4.79 Å². The van der Waals surface area contributed by atoms with Gasteiger partial charge in [0.05, 0.1) is 5.00 Å². The lowest BCUT2D eigenvalue weighted by atomic mass is 10.1. The number of amides is 2. The van der Waals surface area contributed by atoms with Crippen molar-refractivity contribution in [3.63, 3.8) is 0 Å². The third-order valence-electron chi connectivity index (χ3n) is 3.55. The number of urea groups is 1. The normalized spacial score (nSPS) is 19.0. The van der Waals surface area contributed by atoms with Crippen molar-refractivity contribution in [3.8, 4) is 0 Å². The van der Waals surface area contributed by atoms with E-state index in [0.717, 1.165) is 30.3 Å². The van der Waals surface area contributed by atoms with Gasteiger partial charge in [-0.1, -0.05) is 30.3 Å². The van der Waals surface area contributed by atoms with Gasteiger partial charge in [0.25, 0.3) is 0 Å². The molecule has 3 rings (SSSR count). The molecule has 3 nitrogen and oxygen atoms in total. The van der Waals surface area contributed by atoms with Crippen LogP contribution in [0.3, 0.4) is 0 Å². The molecule has 21 heavy (non-hydrogen) atoms. The van der Waals surface area contributed by atoms with Crippen LogP contribution in [0.25, 0.3) is 0 Å². The summed E-state index contributed by atoms with van der Waals surface area (Å²) in [6, 6.07) is 14.5. The molecule has 0 saturated carbocycles. The summed E-state index contributed by atoms with van der Waals surface area (Å²) < 4.78 is 0. The largest absolute Gasteiger partial charge is 0.324 e. The minimum atomic E-state index is 0.0201. The first-order chi connectivity index (χ1) is 10.3. The molecule has 0 spiro atoms. The number of benzene rings is 1. The van der Waals surface area contributed by atoms with Gasteiger partial charge < -0.3 is 4.90 Å². The number of carbonyl (C=O) groups excluding carboxylic acids is 1. The number of anilines is 1. The monoisotopic (exact) mass is 318 g/mol. The lowest BCUT2D eigenvalue weighted by Gasteiger charge is -2.20.